The molecule has 1 atom stereocenters. The third kappa shape index (κ3) is 3.17. The number of fused-ring (bicyclic) bond motifs is 1. The summed E-state index contributed by atoms with van der Waals surface area (Å²) in [4.78, 5) is 9.72. The van der Waals surface area contributed by atoms with E-state index < -0.39 is 38.5 Å². The number of halogens is 2. The van der Waals surface area contributed by atoms with Crippen LogP contribution >= 0.6 is 0 Å². The Bertz CT molecular complexity index is 943. The fraction of sp³-hybridized carbons (Fsp3) is 0.200. The lowest BCUT2D eigenvalue weighted by atomic mass is 10.1. The van der Waals surface area contributed by atoms with Gasteiger partial charge in [0.2, 0.25) is 6.10 Å². The Morgan fingerprint density at radius 1 is 1.20 bits per heavy atom. The van der Waals surface area contributed by atoms with Gasteiger partial charge in [-0.1, -0.05) is 17.7 Å². The molecule has 7 nitrogen and oxygen atoms in total. The fourth-order valence-electron chi connectivity index (χ4n) is 2.32. The van der Waals surface area contributed by atoms with Crippen molar-refractivity contribution in [3.63, 3.8) is 0 Å². The van der Waals surface area contributed by atoms with Crippen molar-refractivity contribution >= 4 is 15.8 Å². The number of rotatable bonds is 4. The lowest BCUT2D eigenvalue weighted by molar-refractivity contribution is -0.385. The summed E-state index contributed by atoms with van der Waals surface area (Å²) in [5, 5.41) is 10.8. The van der Waals surface area contributed by atoms with Crippen LogP contribution in [0, 0.1) is 17.0 Å². The molecule has 0 saturated carbocycles. The number of aryl methyl sites for hydroxylation is 1. The number of ether oxygens (including phenoxy) is 1. The molecule has 2 aromatic carbocycles. The van der Waals surface area contributed by atoms with Gasteiger partial charge in [0.25, 0.3) is 15.8 Å². The van der Waals surface area contributed by atoms with Crippen LogP contribution in [0.15, 0.2) is 47.4 Å². The average Bonchev–Trinajstić information content (AvgIpc) is 2.77. The van der Waals surface area contributed by atoms with E-state index in [2.05, 4.69) is 8.92 Å². The summed E-state index contributed by atoms with van der Waals surface area (Å²) in [6.45, 7) is 1.73. The maximum atomic E-state index is 14.1. The van der Waals surface area contributed by atoms with E-state index in [1.54, 1.807) is 6.92 Å². The quantitative estimate of drug-likeness (QED) is 0.465. The van der Waals surface area contributed by atoms with E-state index in [0.29, 0.717) is 0 Å². The third-order valence-electron chi connectivity index (χ3n) is 3.57. The van der Waals surface area contributed by atoms with Crippen LogP contribution in [0.3, 0.4) is 0 Å². The maximum absolute atomic E-state index is 14.1. The molecule has 0 fully saturated rings. The lowest BCUT2D eigenvalue weighted by Crippen LogP contribution is -2.30. The van der Waals surface area contributed by atoms with Crippen LogP contribution in [0.4, 0.5) is 14.5 Å². The summed E-state index contributed by atoms with van der Waals surface area (Å²) < 4.78 is 61.7. The number of hydrogen-bond acceptors (Lipinski definition) is 6. The van der Waals surface area contributed by atoms with E-state index in [1.807, 2.05) is 0 Å². The minimum atomic E-state index is -4.54. The molecule has 1 aliphatic rings. The summed E-state index contributed by atoms with van der Waals surface area (Å²) in [6, 6.07) is 8.16. The minimum absolute atomic E-state index is 0.312. The van der Waals surface area contributed by atoms with Crippen molar-refractivity contribution in [2.24, 2.45) is 0 Å². The first kappa shape index (κ1) is 17.2. The zero-order chi connectivity index (χ0) is 18.4. The number of hydrogen-bond donors (Lipinski definition) is 0. The number of non-ortho nitro benzene ring substituents is 1. The van der Waals surface area contributed by atoms with Crippen molar-refractivity contribution < 1.29 is 31.0 Å². The topological polar surface area (TPSA) is 95.7 Å². The first-order valence-corrected chi connectivity index (χ1v) is 8.36. The van der Waals surface area contributed by atoms with E-state index in [4.69, 9.17) is 0 Å². The van der Waals surface area contributed by atoms with Crippen LogP contribution in [0.5, 0.6) is 5.75 Å². The van der Waals surface area contributed by atoms with Gasteiger partial charge >= 0.3 is 6.11 Å². The fourth-order valence-corrected chi connectivity index (χ4v) is 3.37. The molecule has 10 heteroatoms. The highest BCUT2D eigenvalue weighted by Gasteiger charge is 2.54. The van der Waals surface area contributed by atoms with Gasteiger partial charge in [-0.2, -0.15) is 17.2 Å². The molecule has 0 aliphatic carbocycles. The van der Waals surface area contributed by atoms with Gasteiger partial charge < -0.3 is 4.74 Å². The predicted octanol–water partition coefficient (Wildman–Crippen LogP) is 3.34. The molecule has 2 aromatic rings. The minimum Gasteiger partial charge on any atom is -0.430 e. The number of alkyl halides is 2. The predicted molar refractivity (Wildman–Crippen MR) is 80.9 cm³/mol. The number of nitrogens with zero attached hydrogens (tertiary/aromatic N) is 1. The largest absolute Gasteiger partial charge is 0.430 e. The zero-order valence-electron chi connectivity index (χ0n) is 12.7. The molecule has 1 aliphatic heterocycles. The Morgan fingerprint density at radius 3 is 2.44 bits per heavy atom. The number of nitro benzene ring substituents is 1. The van der Waals surface area contributed by atoms with Gasteiger partial charge in [-0.05, 0) is 25.1 Å². The molecule has 1 heterocycles. The van der Waals surface area contributed by atoms with E-state index in [0.717, 1.165) is 23.8 Å². The van der Waals surface area contributed by atoms with Gasteiger partial charge in [0.15, 0.2) is 0 Å². The Hall–Kier alpha value is -2.59. The van der Waals surface area contributed by atoms with Gasteiger partial charge in [0.05, 0.1) is 9.82 Å². The van der Waals surface area contributed by atoms with E-state index in [-0.39, 0.29) is 10.6 Å². The summed E-state index contributed by atoms with van der Waals surface area (Å²) in [6.07, 6.45) is -6.32. The van der Waals surface area contributed by atoms with E-state index in [1.165, 1.54) is 24.3 Å². The Kier molecular flexibility index (Phi) is 3.96. The summed E-state index contributed by atoms with van der Waals surface area (Å²) >= 11 is 0. The Balaban J connectivity index is 2.01. The molecule has 0 spiro atoms. The monoisotopic (exact) mass is 371 g/mol. The van der Waals surface area contributed by atoms with Gasteiger partial charge in [-0.25, -0.2) is 4.18 Å². The molecule has 0 bridgehead atoms. The molecular weight excluding hydrogens is 360 g/mol. The first-order chi connectivity index (χ1) is 11.6. The van der Waals surface area contributed by atoms with Crippen molar-refractivity contribution in [3.8, 4) is 5.75 Å². The van der Waals surface area contributed by atoms with Gasteiger partial charge in [-0.15, -0.1) is 0 Å². The van der Waals surface area contributed by atoms with Crippen molar-refractivity contribution in [3.05, 3.63) is 63.7 Å². The molecule has 0 amide bonds. The van der Waals surface area contributed by atoms with Gasteiger partial charge in [-0.3, -0.25) is 10.1 Å². The highest BCUT2D eigenvalue weighted by atomic mass is 32.2. The SMILES string of the molecule is Cc1ccc(S(=O)(=O)OC2c3cc([N+](=O)[O-])ccc3OC2(F)F)cc1. The summed E-state index contributed by atoms with van der Waals surface area (Å²) in [7, 11) is -4.54. The van der Waals surface area contributed by atoms with Gasteiger partial charge in [0, 0.05) is 17.7 Å². The highest BCUT2D eigenvalue weighted by molar-refractivity contribution is 7.86. The van der Waals surface area contributed by atoms with Crippen LogP contribution in [0.2, 0.25) is 0 Å². The van der Waals surface area contributed by atoms with Crippen LogP contribution in [0.25, 0.3) is 0 Å². The van der Waals surface area contributed by atoms with Crippen molar-refractivity contribution in [1.82, 2.24) is 0 Å². The highest BCUT2D eigenvalue weighted by Crippen LogP contribution is 2.49. The molecule has 3 rings (SSSR count). The van der Waals surface area contributed by atoms with E-state index >= 15 is 0 Å². The smallest absolute Gasteiger partial charge is 0.430 e. The molecule has 25 heavy (non-hydrogen) atoms. The van der Waals surface area contributed by atoms with Crippen LogP contribution in [0.1, 0.15) is 17.2 Å². The molecule has 0 radical (unpaired) electrons. The number of benzene rings is 2. The second-order valence-electron chi connectivity index (χ2n) is 5.39. The normalized spacial score (nSPS) is 18.4. The second-order valence-corrected chi connectivity index (χ2v) is 6.96. The molecule has 1 unspecified atom stereocenters. The lowest BCUT2D eigenvalue weighted by Gasteiger charge is -2.18. The third-order valence-corrected chi connectivity index (χ3v) is 4.87. The molecule has 0 saturated heterocycles. The van der Waals surface area contributed by atoms with Crippen LogP contribution in [-0.4, -0.2) is 19.4 Å². The summed E-state index contributed by atoms with van der Waals surface area (Å²) in [5.74, 6) is -0.375. The molecular formula is C15H11F2NO6S. The maximum Gasteiger partial charge on any atom is 0.430 e. The van der Waals surface area contributed by atoms with Crippen molar-refractivity contribution in [2.75, 3.05) is 0 Å². The average molecular weight is 371 g/mol. The first-order valence-electron chi connectivity index (χ1n) is 6.95. The molecule has 0 N–H and O–H groups in total. The van der Waals surface area contributed by atoms with E-state index in [9.17, 15) is 27.3 Å². The van der Waals surface area contributed by atoms with Gasteiger partial charge in [0.1, 0.15) is 5.75 Å². The molecule has 0 aromatic heterocycles. The molecule has 132 valence electrons. The second kappa shape index (κ2) is 5.74. The zero-order valence-corrected chi connectivity index (χ0v) is 13.5. The standard InChI is InChI=1S/C15H11F2NO6S/c1-9-2-5-11(6-3-9)25(21,22)24-14-12-8-10(18(19)20)4-7-13(12)23-15(14,16)17/h2-8,14H,1H3. The van der Waals surface area contributed by atoms with Crippen molar-refractivity contribution in [2.45, 2.75) is 24.0 Å². The Labute approximate surface area is 141 Å². The Morgan fingerprint density at radius 2 is 1.84 bits per heavy atom. The summed E-state index contributed by atoms with van der Waals surface area (Å²) in [5.41, 5.74) is -0.120. The van der Waals surface area contributed by atoms with Crippen molar-refractivity contribution in [1.29, 1.82) is 0 Å². The number of nitro groups is 1. The van der Waals surface area contributed by atoms with Crippen LogP contribution in [-0.2, 0) is 14.3 Å². The van der Waals surface area contributed by atoms with Crippen LogP contribution < -0.4 is 4.74 Å².